The van der Waals surface area contributed by atoms with Crippen LogP contribution in [0.5, 0.6) is 11.5 Å². The number of hydrogen-bond acceptors (Lipinski definition) is 9. The van der Waals surface area contributed by atoms with E-state index in [1.54, 1.807) is 49.7 Å². The number of rotatable bonds is 11. The fourth-order valence-electron chi connectivity index (χ4n) is 4.74. The molecule has 1 aromatic heterocycles. The van der Waals surface area contributed by atoms with Crippen molar-refractivity contribution < 1.29 is 33.5 Å². The smallest absolute Gasteiger partial charge is 0.329 e. The van der Waals surface area contributed by atoms with Crippen LogP contribution in [0.25, 0.3) is 0 Å². The molecular formula is C31H35N5O7S. The molecule has 1 aliphatic rings. The van der Waals surface area contributed by atoms with Gasteiger partial charge in [-0.15, -0.1) is 11.3 Å². The number of carbonyl (C=O) groups excluding carboxylic acids is 4. The van der Waals surface area contributed by atoms with Crippen LogP contribution in [0.15, 0.2) is 66.0 Å². The van der Waals surface area contributed by atoms with Gasteiger partial charge in [0.2, 0.25) is 11.8 Å². The summed E-state index contributed by atoms with van der Waals surface area (Å²) in [5, 5.41) is 15.3. The van der Waals surface area contributed by atoms with Crippen molar-refractivity contribution in [2.45, 2.75) is 32.4 Å². The van der Waals surface area contributed by atoms with Crippen LogP contribution in [-0.4, -0.2) is 67.3 Å². The number of methoxy groups -OCH3 is 1. The zero-order chi connectivity index (χ0) is 31.6. The molecule has 0 spiro atoms. The summed E-state index contributed by atoms with van der Waals surface area (Å²) in [5.74, 6) is -0.576. The first-order valence-corrected chi connectivity index (χ1v) is 14.8. The summed E-state index contributed by atoms with van der Waals surface area (Å²) in [6.45, 7) is 3.47. The highest BCUT2D eigenvalue weighted by atomic mass is 32.1. The van der Waals surface area contributed by atoms with Crippen LogP contribution in [-0.2, 0) is 24.0 Å². The maximum absolute atomic E-state index is 13.4. The molecule has 0 aliphatic carbocycles. The van der Waals surface area contributed by atoms with Crippen LogP contribution >= 0.6 is 11.3 Å². The van der Waals surface area contributed by atoms with Gasteiger partial charge in [-0.2, -0.15) is 0 Å². The van der Waals surface area contributed by atoms with Crippen LogP contribution < -0.4 is 20.9 Å². The van der Waals surface area contributed by atoms with Gasteiger partial charge in [0.05, 0.1) is 19.2 Å². The van der Waals surface area contributed by atoms with E-state index >= 15 is 0 Å². The van der Waals surface area contributed by atoms with E-state index in [4.69, 9.17) is 14.9 Å². The Morgan fingerprint density at radius 3 is 2.43 bits per heavy atom. The number of nitrogens with zero attached hydrogens (tertiary/aromatic N) is 1. The summed E-state index contributed by atoms with van der Waals surface area (Å²) in [7, 11) is 1.57. The Morgan fingerprint density at radius 1 is 1.05 bits per heavy atom. The minimum absolute atomic E-state index is 0.0379. The molecule has 0 radical (unpaired) electrons. The van der Waals surface area contributed by atoms with E-state index in [2.05, 4.69) is 21.0 Å². The van der Waals surface area contributed by atoms with Gasteiger partial charge in [0.25, 0.3) is 5.91 Å². The summed E-state index contributed by atoms with van der Waals surface area (Å²) in [5.41, 5.74) is 3.14. The molecule has 13 heteroatoms. The Hall–Kier alpha value is -4.75. The Balaban J connectivity index is 1.33. The molecule has 232 valence electrons. The minimum Gasteiger partial charge on any atom is -0.457 e. The predicted molar refractivity (Wildman–Crippen MR) is 163 cm³/mol. The van der Waals surface area contributed by atoms with E-state index in [1.807, 2.05) is 30.3 Å². The van der Waals surface area contributed by atoms with Crippen molar-refractivity contribution in [3.63, 3.8) is 0 Å². The van der Waals surface area contributed by atoms with Crippen molar-refractivity contribution >= 4 is 40.9 Å². The molecule has 12 nitrogen and oxygen atoms in total. The Labute approximate surface area is 259 Å². The molecule has 3 atom stereocenters. The van der Waals surface area contributed by atoms with Gasteiger partial charge in [-0.25, -0.2) is 5.48 Å². The van der Waals surface area contributed by atoms with Crippen molar-refractivity contribution in [1.29, 1.82) is 5.41 Å². The van der Waals surface area contributed by atoms with E-state index in [-0.39, 0.29) is 30.1 Å². The van der Waals surface area contributed by atoms with E-state index < -0.39 is 24.0 Å². The molecule has 2 aromatic carbocycles. The minimum atomic E-state index is -0.736. The zero-order valence-electron chi connectivity index (χ0n) is 24.6. The number of ether oxygens (including phenoxy) is 2. The third kappa shape index (κ3) is 8.64. The molecule has 1 unspecified atom stereocenters. The summed E-state index contributed by atoms with van der Waals surface area (Å²) < 4.78 is 11.0. The first-order valence-electron chi connectivity index (χ1n) is 13.9. The second kappa shape index (κ2) is 15.1. The lowest BCUT2D eigenvalue weighted by Gasteiger charge is -2.25. The monoisotopic (exact) mass is 621 g/mol. The number of likely N-dealkylation sites (tertiary alicyclic amines) is 1. The van der Waals surface area contributed by atoms with Gasteiger partial charge >= 0.3 is 5.97 Å². The lowest BCUT2D eigenvalue weighted by molar-refractivity contribution is -0.145. The van der Waals surface area contributed by atoms with E-state index in [9.17, 15) is 19.2 Å². The quantitative estimate of drug-likeness (QED) is 0.144. The van der Waals surface area contributed by atoms with Crippen LogP contribution in [0, 0.1) is 11.3 Å². The van der Waals surface area contributed by atoms with Gasteiger partial charge in [-0.3, -0.25) is 24.6 Å². The normalized spacial score (nSPS) is 16.5. The highest BCUT2D eigenvalue weighted by Crippen LogP contribution is 2.27. The topological polar surface area (TPSA) is 159 Å². The molecule has 44 heavy (non-hydrogen) atoms. The number of para-hydroxylation sites is 1. The Kier molecular flexibility index (Phi) is 11.1. The molecule has 0 bridgehead atoms. The fraction of sp³-hybridized carbons (Fsp3) is 0.323. The number of benzene rings is 2. The van der Waals surface area contributed by atoms with Gasteiger partial charge in [0.1, 0.15) is 17.5 Å². The van der Waals surface area contributed by atoms with Crippen LogP contribution in [0.1, 0.15) is 47.1 Å². The Morgan fingerprint density at radius 2 is 1.75 bits per heavy atom. The number of nitrogens with one attached hydrogen (secondary N) is 4. The molecule has 3 aromatic rings. The maximum Gasteiger partial charge on any atom is 0.329 e. The number of hydroxylamine groups is 1. The zero-order valence-corrected chi connectivity index (χ0v) is 25.4. The highest BCUT2D eigenvalue weighted by molar-refractivity contribution is 7.10. The molecule has 1 saturated heterocycles. The summed E-state index contributed by atoms with van der Waals surface area (Å²) in [6, 6.07) is 16.4. The average molecular weight is 622 g/mol. The van der Waals surface area contributed by atoms with Gasteiger partial charge in [0, 0.05) is 47.9 Å². The number of hydrogen-bond donors (Lipinski definition) is 4. The third-order valence-corrected chi connectivity index (χ3v) is 8.01. The summed E-state index contributed by atoms with van der Waals surface area (Å²) in [4.78, 5) is 57.3. The lowest BCUT2D eigenvalue weighted by Crippen LogP contribution is -2.49. The number of thiophene rings is 1. The van der Waals surface area contributed by atoms with Gasteiger partial charge in [-0.05, 0) is 55.8 Å². The van der Waals surface area contributed by atoms with Crippen molar-refractivity contribution in [2.75, 3.05) is 26.8 Å². The molecule has 3 amide bonds. The SMILES string of the molecule is COC[C@H]1C[C@@H](C(=O)NC(C)c2cc(C(=N)NOC(C)=O)cs2)N(C(=O)CNC(=O)c2ccc(Oc3ccccc3)cc2)C1. The van der Waals surface area contributed by atoms with Gasteiger partial charge in [0.15, 0.2) is 5.84 Å². The predicted octanol–water partition coefficient (Wildman–Crippen LogP) is 3.40. The number of amidine groups is 1. The molecule has 0 saturated carbocycles. The molecule has 1 aliphatic heterocycles. The highest BCUT2D eigenvalue weighted by Gasteiger charge is 2.40. The molecule has 4 N–H and O–H groups in total. The molecule has 2 heterocycles. The van der Waals surface area contributed by atoms with Crippen molar-refractivity contribution in [3.8, 4) is 11.5 Å². The Bertz CT molecular complexity index is 1480. The van der Waals surface area contributed by atoms with Crippen LogP contribution in [0.3, 0.4) is 0 Å². The first kappa shape index (κ1) is 32.2. The molecule has 1 fully saturated rings. The fourth-order valence-corrected chi connectivity index (χ4v) is 5.64. The lowest BCUT2D eigenvalue weighted by atomic mass is 10.1. The summed E-state index contributed by atoms with van der Waals surface area (Å²) >= 11 is 1.34. The van der Waals surface area contributed by atoms with Gasteiger partial charge < -0.3 is 29.8 Å². The van der Waals surface area contributed by atoms with E-state index in [1.165, 1.54) is 23.2 Å². The maximum atomic E-state index is 13.4. The third-order valence-electron chi connectivity index (χ3n) is 6.90. The average Bonchev–Trinajstić information content (AvgIpc) is 3.68. The van der Waals surface area contributed by atoms with Crippen LogP contribution in [0.4, 0.5) is 0 Å². The number of carbonyl (C=O) groups is 4. The van der Waals surface area contributed by atoms with Crippen LogP contribution in [0.2, 0.25) is 0 Å². The second-order valence-corrected chi connectivity index (χ2v) is 11.2. The molecular weight excluding hydrogens is 586 g/mol. The second-order valence-electron chi connectivity index (χ2n) is 10.3. The molecule has 4 rings (SSSR count). The van der Waals surface area contributed by atoms with Gasteiger partial charge in [-0.1, -0.05) is 18.2 Å². The van der Waals surface area contributed by atoms with Crippen molar-refractivity contribution in [3.05, 3.63) is 82.0 Å². The first-order chi connectivity index (χ1) is 21.1. The number of amides is 3. The largest absolute Gasteiger partial charge is 0.457 e. The van der Waals surface area contributed by atoms with E-state index in [0.29, 0.717) is 42.2 Å². The van der Waals surface area contributed by atoms with Crippen molar-refractivity contribution in [1.82, 2.24) is 21.0 Å². The summed E-state index contributed by atoms with van der Waals surface area (Å²) in [6.07, 6.45) is 0.418. The van der Waals surface area contributed by atoms with E-state index in [0.717, 1.165) is 4.88 Å². The standard InChI is InChI=1S/C31H35N5O7S/c1-19(27-14-23(18-44-27)29(32)35-43-20(2)37)34-31(40)26-13-21(17-41-3)16-36(26)28(38)15-33-30(39)22-9-11-25(12-10-22)42-24-7-5-4-6-8-24/h4-12,14,18-19,21,26H,13,15-17H2,1-3H3,(H2,32,35)(H,33,39)(H,34,40)/t19?,21-,26-/m0/s1. The van der Waals surface area contributed by atoms with Crippen molar-refractivity contribution in [2.24, 2.45) is 5.92 Å².